The number of hydrogen-bond donors (Lipinski definition) is 1. The number of benzene rings is 2. The summed E-state index contributed by atoms with van der Waals surface area (Å²) in [6, 6.07) is 21.9. The van der Waals surface area contributed by atoms with Gasteiger partial charge in [0.1, 0.15) is 0 Å². The van der Waals surface area contributed by atoms with Crippen molar-refractivity contribution in [3.05, 3.63) is 107 Å². The predicted octanol–water partition coefficient (Wildman–Crippen LogP) is 5.02. The first kappa shape index (κ1) is 25.8. The summed E-state index contributed by atoms with van der Waals surface area (Å²) < 4.78 is 0. The van der Waals surface area contributed by atoms with Gasteiger partial charge in [-0.2, -0.15) is 0 Å². The molecule has 1 saturated heterocycles. The van der Waals surface area contributed by atoms with E-state index in [1.165, 1.54) is 22.3 Å². The smallest absolute Gasteiger partial charge is 0.243 e. The Morgan fingerprint density at radius 2 is 1.75 bits per heavy atom. The van der Waals surface area contributed by atoms with E-state index >= 15 is 0 Å². The van der Waals surface area contributed by atoms with Crippen LogP contribution in [0, 0.1) is 13.8 Å². The molecule has 0 radical (unpaired) electrons. The van der Waals surface area contributed by atoms with Crippen LogP contribution in [0.4, 0.5) is 0 Å². The molecule has 5 heteroatoms. The number of aryl methyl sites for hydroxylation is 2. The van der Waals surface area contributed by atoms with Crippen molar-refractivity contribution in [2.75, 3.05) is 39.3 Å². The van der Waals surface area contributed by atoms with Crippen LogP contribution in [0.15, 0.2) is 79.1 Å². The second-order valence-corrected chi connectivity index (χ2v) is 9.65. The Bertz CT molecular complexity index is 1120. The van der Waals surface area contributed by atoms with Gasteiger partial charge < -0.3 is 10.2 Å². The third-order valence-corrected chi connectivity index (χ3v) is 7.05. The Balaban J connectivity index is 1.22. The largest absolute Gasteiger partial charge is 0.353 e. The maximum Gasteiger partial charge on any atom is 0.243 e. The summed E-state index contributed by atoms with van der Waals surface area (Å²) in [5.41, 5.74) is 6.37. The number of rotatable bonds is 10. The summed E-state index contributed by atoms with van der Waals surface area (Å²) in [6.45, 7) is 10.4. The van der Waals surface area contributed by atoms with Crippen LogP contribution >= 0.6 is 0 Å². The van der Waals surface area contributed by atoms with Gasteiger partial charge in [-0.15, -0.1) is 0 Å². The maximum atomic E-state index is 12.0. The molecule has 1 N–H and O–H groups in total. The Morgan fingerprint density at radius 3 is 2.47 bits per heavy atom. The number of hydrogen-bond acceptors (Lipinski definition) is 4. The number of amides is 1. The van der Waals surface area contributed by atoms with Crippen LogP contribution in [0.3, 0.4) is 0 Å². The van der Waals surface area contributed by atoms with E-state index in [-0.39, 0.29) is 5.91 Å². The monoisotopic (exact) mass is 482 g/mol. The van der Waals surface area contributed by atoms with Crippen molar-refractivity contribution in [1.82, 2.24) is 20.1 Å². The van der Waals surface area contributed by atoms with E-state index in [2.05, 4.69) is 82.5 Å². The first-order valence-corrected chi connectivity index (χ1v) is 13.0. The molecule has 1 amide bonds. The third kappa shape index (κ3) is 7.36. The highest BCUT2D eigenvalue weighted by Crippen LogP contribution is 2.30. The summed E-state index contributed by atoms with van der Waals surface area (Å²) in [6.07, 6.45) is 8.92. The molecule has 3 aromatic rings. The van der Waals surface area contributed by atoms with Gasteiger partial charge in [0, 0.05) is 51.2 Å². The van der Waals surface area contributed by atoms with Crippen molar-refractivity contribution >= 4 is 12.0 Å². The molecule has 5 nitrogen and oxygen atoms in total. The third-order valence-electron chi connectivity index (χ3n) is 7.05. The van der Waals surface area contributed by atoms with Crippen LogP contribution in [0.1, 0.15) is 46.7 Å². The molecular formula is C31H38N4O. The molecule has 1 aliphatic heterocycles. The van der Waals surface area contributed by atoms with Gasteiger partial charge in [0.05, 0.1) is 6.04 Å². The summed E-state index contributed by atoms with van der Waals surface area (Å²) in [5.74, 6) is -0.0502. The molecular weight excluding hydrogens is 444 g/mol. The van der Waals surface area contributed by atoms with Gasteiger partial charge in [0.15, 0.2) is 0 Å². The number of pyridine rings is 1. The van der Waals surface area contributed by atoms with Gasteiger partial charge >= 0.3 is 0 Å². The summed E-state index contributed by atoms with van der Waals surface area (Å²) in [5, 5.41) is 2.98. The van der Waals surface area contributed by atoms with Crippen molar-refractivity contribution < 1.29 is 4.79 Å². The molecule has 1 fully saturated rings. The van der Waals surface area contributed by atoms with Gasteiger partial charge in [-0.3, -0.25) is 14.7 Å². The molecule has 1 aliphatic rings. The summed E-state index contributed by atoms with van der Waals surface area (Å²) in [7, 11) is 0. The van der Waals surface area contributed by atoms with Crippen molar-refractivity contribution in [2.24, 2.45) is 0 Å². The quantitative estimate of drug-likeness (QED) is 0.326. The number of aromatic nitrogens is 1. The molecule has 188 valence electrons. The molecule has 0 aliphatic carbocycles. The number of carbonyl (C=O) groups is 1. The van der Waals surface area contributed by atoms with E-state index in [0.29, 0.717) is 12.6 Å². The van der Waals surface area contributed by atoms with Crippen molar-refractivity contribution in [3.8, 4) is 0 Å². The Kier molecular flexibility index (Phi) is 9.42. The fraction of sp³-hybridized carbons (Fsp3) is 0.355. The van der Waals surface area contributed by atoms with E-state index in [0.717, 1.165) is 51.1 Å². The van der Waals surface area contributed by atoms with Crippen LogP contribution in [-0.4, -0.2) is 60.0 Å². The number of piperazine rings is 1. The average Bonchev–Trinajstić information content (AvgIpc) is 2.91. The zero-order valence-electron chi connectivity index (χ0n) is 21.6. The lowest BCUT2D eigenvalue weighted by Gasteiger charge is -2.40. The lowest BCUT2D eigenvalue weighted by atomic mass is 9.94. The van der Waals surface area contributed by atoms with Crippen LogP contribution in [0.2, 0.25) is 0 Å². The Morgan fingerprint density at radius 1 is 0.944 bits per heavy atom. The van der Waals surface area contributed by atoms with E-state index in [4.69, 9.17) is 0 Å². The van der Waals surface area contributed by atoms with Crippen molar-refractivity contribution in [2.45, 2.75) is 32.7 Å². The molecule has 1 atom stereocenters. The standard InChI is InChI=1S/C31H38N4O/c1-25-12-14-29(23-26(25)2)31(28-10-4-3-5-11-28)35-21-19-34(20-22-35)18-7-6-17-33-30(36)15-13-27-9-8-16-32-24-27/h3-5,8-16,23-24,31H,6-7,17-22H2,1-2H3,(H,33,36)/b15-13+. The Hall–Kier alpha value is -3.28. The normalized spacial score (nSPS) is 15.7. The number of nitrogens with one attached hydrogen (secondary N) is 1. The van der Waals surface area contributed by atoms with E-state index in [9.17, 15) is 4.79 Å². The second-order valence-electron chi connectivity index (χ2n) is 9.65. The molecule has 0 bridgehead atoms. The zero-order chi connectivity index (χ0) is 25.2. The number of carbonyl (C=O) groups excluding carboxylic acids is 1. The van der Waals surface area contributed by atoms with E-state index < -0.39 is 0 Å². The molecule has 36 heavy (non-hydrogen) atoms. The molecule has 1 aromatic heterocycles. The topological polar surface area (TPSA) is 48.5 Å². The lowest BCUT2D eigenvalue weighted by molar-refractivity contribution is -0.116. The number of unbranched alkanes of at least 4 members (excludes halogenated alkanes) is 1. The minimum atomic E-state index is -0.0502. The molecule has 2 heterocycles. The van der Waals surface area contributed by atoms with E-state index in [1.54, 1.807) is 24.5 Å². The molecule has 4 rings (SSSR count). The van der Waals surface area contributed by atoms with Crippen LogP contribution in [-0.2, 0) is 4.79 Å². The number of nitrogens with zero attached hydrogens (tertiary/aromatic N) is 3. The fourth-order valence-electron chi connectivity index (χ4n) is 4.81. The van der Waals surface area contributed by atoms with E-state index in [1.807, 2.05) is 12.1 Å². The SMILES string of the molecule is Cc1ccc(C(c2ccccc2)N2CCN(CCCCNC(=O)/C=C/c3cccnc3)CC2)cc1C. The first-order chi connectivity index (χ1) is 17.6. The minimum Gasteiger partial charge on any atom is -0.353 e. The molecule has 0 saturated carbocycles. The fourth-order valence-corrected chi connectivity index (χ4v) is 4.81. The Labute approximate surface area is 215 Å². The van der Waals surface area contributed by atoms with Gasteiger partial charge in [0.2, 0.25) is 5.91 Å². The molecule has 2 aromatic carbocycles. The van der Waals surface area contributed by atoms with Crippen molar-refractivity contribution in [3.63, 3.8) is 0 Å². The van der Waals surface area contributed by atoms with Crippen molar-refractivity contribution in [1.29, 1.82) is 0 Å². The highest BCUT2D eigenvalue weighted by molar-refractivity contribution is 5.91. The van der Waals surface area contributed by atoms with Crippen LogP contribution < -0.4 is 5.32 Å². The average molecular weight is 483 g/mol. The minimum absolute atomic E-state index is 0.0502. The van der Waals surface area contributed by atoms with Crippen LogP contribution in [0.25, 0.3) is 6.08 Å². The predicted molar refractivity (Wildman–Crippen MR) is 148 cm³/mol. The first-order valence-electron chi connectivity index (χ1n) is 13.0. The highest BCUT2D eigenvalue weighted by atomic mass is 16.1. The summed E-state index contributed by atoms with van der Waals surface area (Å²) in [4.78, 5) is 21.3. The highest BCUT2D eigenvalue weighted by Gasteiger charge is 2.26. The van der Waals surface area contributed by atoms with Gasteiger partial charge in [0.25, 0.3) is 0 Å². The summed E-state index contributed by atoms with van der Waals surface area (Å²) >= 11 is 0. The lowest BCUT2D eigenvalue weighted by Crippen LogP contribution is -2.48. The van der Waals surface area contributed by atoms with Gasteiger partial charge in [-0.1, -0.05) is 54.6 Å². The zero-order valence-corrected chi connectivity index (χ0v) is 21.6. The van der Waals surface area contributed by atoms with Crippen LogP contribution in [0.5, 0.6) is 0 Å². The second kappa shape index (κ2) is 13.1. The van der Waals surface area contributed by atoms with Gasteiger partial charge in [-0.25, -0.2) is 0 Å². The molecule has 0 spiro atoms. The molecule has 1 unspecified atom stereocenters. The maximum absolute atomic E-state index is 12.0. The van der Waals surface area contributed by atoms with Gasteiger partial charge in [-0.05, 0) is 73.2 Å².